The molecule has 19 heavy (non-hydrogen) atoms. The summed E-state index contributed by atoms with van der Waals surface area (Å²) in [5, 5.41) is 12.2. The molecular weight excluding hydrogens is 264 g/mol. The van der Waals surface area contributed by atoms with Crippen LogP contribution in [0.25, 0.3) is 0 Å². The van der Waals surface area contributed by atoms with Crippen molar-refractivity contribution in [2.45, 2.75) is 31.3 Å². The van der Waals surface area contributed by atoms with Gasteiger partial charge >= 0.3 is 0 Å². The largest absolute Gasteiger partial charge is 0.378 e. The number of halogens is 1. The first kappa shape index (κ1) is 13.9. The fourth-order valence-corrected chi connectivity index (χ4v) is 2.40. The number of benzene rings is 1. The molecule has 1 saturated carbocycles. The van der Waals surface area contributed by atoms with Crippen molar-refractivity contribution in [3.63, 3.8) is 0 Å². The van der Waals surface area contributed by atoms with Crippen LogP contribution >= 0.6 is 11.6 Å². The molecule has 1 fully saturated rings. The molecule has 0 spiro atoms. The van der Waals surface area contributed by atoms with Crippen LogP contribution < -0.4 is 5.32 Å². The van der Waals surface area contributed by atoms with Crippen molar-refractivity contribution in [3.05, 3.63) is 28.8 Å². The van der Waals surface area contributed by atoms with Gasteiger partial charge in [0.25, 0.3) is 0 Å². The van der Waals surface area contributed by atoms with Gasteiger partial charge in [-0.3, -0.25) is 4.79 Å². The second-order valence-corrected chi connectivity index (χ2v) is 5.20. The van der Waals surface area contributed by atoms with Crippen LogP contribution in [0.4, 0.5) is 5.69 Å². The Kier molecular flexibility index (Phi) is 4.08. The minimum absolute atomic E-state index is 0.152. The second-order valence-electron chi connectivity index (χ2n) is 4.77. The van der Waals surface area contributed by atoms with E-state index in [-0.39, 0.29) is 11.5 Å². The van der Waals surface area contributed by atoms with Crippen molar-refractivity contribution in [1.82, 2.24) is 0 Å². The number of nitrogens with zero attached hydrogens (tertiary/aromatic N) is 1. The highest BCUT2D eigenvalue weighted by atomic mass is 35.5. The van der Waals surface area contributed by atoms with E-state index in [4.69, 9.17) is 21.6 Å². The molecule has 1 aliphatic rings. The van der Waals surface area contributed by atoms with Gasteiger partial charge in [0.1, 0.15) is 6.07 Å². The Morgan fingerprint density at radius 2 is 2.32 bits per heavy atom. The van der Waals surface area contributed by atoms with Crippen molar-refractivity contribution in [1.29, 1.82) is 5.26 Å². The van der Waals surface area contributed by atoms with Crippen LogP contribution in [0.1, 0.15) is 31.2 Å². The quantitative estimate of drug-likeness (QED) is 0.920. The van der Waals surface area contributed by atoms with E-state index in [0.29, 0.717) is 22.7 Å². The molecule has 0 aliphatic heterocycles. The second kappa shape index (κ2) is 5.60. The highest BCUT2D eigenvalue weighted by Gasteiger charge is 2.39. The first-order chi connectivity index (χ1) is 9.08. The lowest BCUT2D eigenvalue weighted by molar-refractivity contribution is -0.129. The summed E-state index contributed by atoms with van der Waals surface area (Å²) in [6, 6.07) is 6.82. The summed E-state index contributed by atoms with van der Waals surface area (Å²) >= 11 is 5.87. The zero-order valence-electron chi connectivity index (χ0n) is 10.7. The molecule has 4 nitrogen and oxygen atoms in total. The molecule has 1 aromatic rings. The van der Waals surface area contributed by atoms with Crippen molar-refractivity contribution < 1.29 is 9.53 Å². The van der Waals surface area contributed by atoms with E-state index in [9.17, 15) is 4.79 Å². The van der Waals surface area contributed by atoms with Crippen LogP contribution in [-0.4, -0.2) is 18.6 Å². The van der Waals surface area contributed by atoms with Gasteiger partial charge in [0.2, 0.25) is 5.91 Å². The monoisotopic (exact) mass is 278 g/mol. The standard InChI is InChI=1S/C14H15ClN2O2/c1-19-14(5-2-6-14)8-13(18)17-12-7-11(15)4-3-10(12)9-16/h3-4,7H,2,5-6,8H2,1H3,(H,17,18). The summed E-state index contributed by atoms with van der Waals surface area (Å²) in [7, 11) is 1.63. The predicted octanol–water partition coefficient (Wildman–Crippen LogP) is 3.11. The van der Waals surface area contributed by atoms with Gasteiger partial charge in [-0.25, -0.2) is 0 Å². The molecular formula is C14H15ClN2O2. The third kappa shape index (κ3) is 3.06. The molecule has 5 heteroatoms. The summed E-state index contributed by atoms with van der Waals surface area (Å²) < 4.78 is 5.41. The summed E-state index contributed by atoms with van der Waals surface area (Å²) in [5.41, 5.74) is 0.526. The third-order valence-corrected chi connectivity index (χ3v) is 3.79. The smallest absolute Gasteiger partial charge is 0.227 e. The average molecular weight is 279 g/mol. The van der Waals surface area contributed by atoms with Gasteiger partial charge in [0, 0.05) is 12.1 Å². The lowest BCUT2D eigenvalue weighted by atomic mass is 9.77. The fraction of sp³-hybridized carbons (Fsp3) is 0.429. The zero-order valence-corrected chi connectivity index (χ0v) is 11.5. The van der Waals surface area contributed by atoms with Gasteiger partial charge in [-0.2, -0.15) is 5.26 Å². The molecule has 0 saturated heterocycles. The number of anilines is 1. The lowest BCUT2D eigenvalue weighted by Gasteiger charge is -2.39. The molecule has 1 N–H and O–H groups in total. The van der Waals surface area contributed by atoms with Gasteiger partial charge in [-0.05, 0) is 37.5 Å². The highest BCUT2D eigenvalue weighted by Crippen LogP contribution is 2.38. The van der Waals surface area contributed by atoms with E-state index in [0.717, 1.165) is 19.3 Å². The molecule has 1 aromatic carbocycles. The Hall–Kier alpha value is -1.57. The number of methoxy groups -OCH3 is 1. The van der Waals surface area contributed by atoms with E-state index in [2.05, 4.69) is 5.32 Å². The molecule has 2 rings (SSSR count). The number of carbonyl (C=O) groups excluding carboxylic acids is 1. The lowest BCUT2D eigenvalue weighted by Crippen LogP contribution is -2.42. The van der Waals surface area contributed by atoms with Crippen molar-refractivity contribution in [2.75, 3.05) is 12.4 Å². The minimum atomic E-state index is -0.324. The van der Waals surface area contributed by atoms with Gasteiger partial charge in [0.05, 0.1) is 23.3 Å². The Morgan fingerprint density at radius 1 is 1.58 bits per heavy atom. The molecule has 0 unspecified atom stereocenters. The Morgan fingerprint density at radius 3 is 2.84 bits per heavy atom. The van der Waals surface area contributed by atoms with E-state index >= 15 is 0 Å². The SMILES string of the molecule is COC1(CC(=O)Nc2cc(Cl)ccc2C#N)CCC1. The topological polar surface area (TPSA) is 62.1 Å². The van der Waals surface area contributed by atoms with Gasteiger partial charge < -0.3 is 10.1 Å². The zero-order chi connectivity index (χ0) is 13.9. The highest BCUT2D eigenvalue weighted by molar-refractivity contribution is 6.31. The van der Waals surface area contributed by atoms with Crippen LogP contribution in [0.15, 0.2) is 18.2 Å². The summed E-state index contributed by atoms with van der Waals surface area (Å²) in [6.07, 6.45) is 3.19. The molecule has 0 atom stereocenters. The predicted molar refractivity (Wildman–Crippen MR) is 73.0 cm³/mol. The van der Waals surface area contributed by atoms with Gasteiger partial charge in [0.15, 0.2) is 0 Å². The fourth-order valence-electron chi connectivity index (χ4n) is 2.23. The number of ether oxygens (including phenoxy) is 1. The molecule has 1 aliphatic carbocycles. The molecule has 100 valence electrons. The van der Waals surface area contributed by atoms with Crippen LogP contribution in [0.3, 0.4) is 0 Å². The molecule has 0 radical (unpaired) electrons. The molecule has 0 aromatic heterocycles. The number of carbonyl (C=O) groups is 1. The van der Waals surface area contributed by atoms with Crippen LogP contribution in [-0.2, 0) is 9.53 Å². The number of nitriles is 1. The number of rotatable bonds is 4. The summed E-state index contributed by atoms with van der Waals surface area (Å²) in [5.74, 6) is -0.152. The van der Waals surface area contributed by atoms with Gasteiger partial charge in [-0.1, -0.05) is 11.6 Å². The van der Waals surface area contributed by atoms with Crippen molar-refractivity contribution in [2.24, 2.45) is 0 Å². The average Bonchev–Trinajstić information content (AvgIpc) is 2.34. The first-order valence-corrected chi connectivity index (χ1v) is 6.51. The number of hydrogen-bond acceptors (Lipinski definition) is 3. The van der Waals surface area contributed by atoms with Gasteiger partial charge in [-0.15, -0.1) is 0 Å². The maximum atomic E-state index is 12.0. The van der Waals surface area contributed by atoms with Crippen LogP contribution in [0.5, 0.6) is 0 Å². The minimum Gasteiger partial charge on any atom is -0.378 e. The maximum absolute atomic E-state index is 12.0. The van der Waals surface area contributed by atoms with Crippen molar-refractivity contribution >= 4 is 23.2 Å². The normalized spacial score (nSPS) is 16.3. The maximum Gasteiger partial charge on any atom is 0.227 e. The number of amides is 1. The Labute approximate surface area is 117 Å². The number of nitrogens with one attached hydrogen (secondary N) is 1. The number of hydrogen-bond donors (Lipinski definition) is 1. The Balaban J connectivity index is 2.07. The van der Waals surface area contributed by atoms with E-state index in [1.165, 1.54) is 0 Å². The van der Waals surface area contributed by atoms with E-state index in [1.54, 1.807) is 25.3 Å². The van der Waals surface area contributed by atoms with Crippen LogP contribution in [0, 0.1) is 11.3 Å². The molecule has 0 bridgehead atoms. The summed E-state index contributed by atoms with van der Waals surface area (Å²) in [4.78, 5) is 12.0. The van der Waals surface area contributed by atoms with Crippen LogP contribution in [0.2, 0.25) is 5.02 Å². The first-order valence-electron chi connectivity index (χ1n) is 6.13. The van der Waals surface area contributed by atoms with E-state index in [1.807, 2.05) is 6.07 Å². The third-order valence-electron chi connectivity index (χ3n) is 3.56. The molecule has 1 amide bonds. The summed E-state index contributed by atoms with van der Waals surface area (Å²) in [6.45, 7) is 0. The van der Waals surface area contributed by atoms with Crippen molar-refractivity contribution in [3.8, 4) is 6.07 Å². The Bertz CT molecular complexity index is 527. The van der Waals surface area contributed by atoms with E-state index < -0.39 is 0 Å². The molecule has 0 heterocycles.